The summed E-state index contributed by atoms with van der Waals surface area (Å²) < 4.78 is 0. The normalized spacial score (nSPS) is 21.1. The molecule has 0 fully saturated rings. The van der Waals surface area contributed by atoms with Crippen LogP contribution in [-0.4, -0.2) is 18.1 Å². The Morgan fingerprint density at radius 2 is 1.73 bits per heavy atom. The Labute approximate surface area is 131 Å². The highest BCUT2D eigenvalue weighted by molar-refractivity contribution is 6.04. The Bertz CT molecular complexity index is 706. The van der Waals surface area contributed by atoms with Gasteiger partial charge in [0.1, 0.15) is 5.75 Å². The van der Waals surface area contributed by atoms with Crippen LogP contribution in [0.15, 0.2) is 48.5 Å². The third kappa shape index (κ3) is 2.00. The lowest BCUT2D eigenvalue weighted by atomic mass is 9.65. The van der Waals surface area contributed by atoms with E-state index in [1.807, 2.05) is 37.4 Å². The summed E-state index contributed by atoms with van der Waals surface area (Å²) in [6.45, 7) is 4.18. The fraction of sp³-hybridized carbons (Fsp3) is 0.316. The highest BCUT2D eigenvalue weighted by Gasteiger charge is 2.48. The van der Waals surface area contributed by atoms with Crippen LogP contribution in [0.2, 0.25) is 0 Å². The summed E-state index contributed by atoms with van der Waals surface area (Å²) in [7, 11) is 1.85. The topological polar surface area (TPSA) is 40.5 Å². The molecule has 0 aliphatic carbocycles. The minimum Gasteiger partial charge on any atom is -0.508 e. The maximum Gasteiger partial charge on any atom is 0.237 e. The number of carbonyl (C=O) groups is 1. The molecule has 3 rings (SSSR count). The number of fused-ring (bicyclic) bond motifs is 1. The Morgan fingerprint density at radius 3 is 2.36 bits per heavy atom. The van der Waals surface area contributed by atoms with Crippen molar-refractivity contribution < 1.29 is 9.90 Å². The lowest BCUT2D eigenvalue weighted by molar-refractivity contribution is -0.126. The van der Waals surface area contributed by atoms with Gasteiger partial charge in [0, 0.05) is 12.7 Å². The Kier molecular flexibility index (Phi) is 3.44. The van der Waals surface area contributed by atoms with Gasteiger partial charge in [-0.25, -0.2) is 0 Å². The lowest BCUT2D eigenvalue weighted by Gasteiger charge is -2.44. The molecule has 3 nitrogen and oxygen atoms in total. The van der Waals surface area contributed by atoms with Crippen molar-refractivity contribution >= 4 is 11.6 Å². The maximum absolute atomic E-state index is 13.2. The van der Waals surface area contributed by atoms with E-state index in [1.54, 1.807) is 17.0 Å². The molecule has 114 valence electrons. The highest BCUT2D eigenvalue weighted by atomic mass is 16.3. The van der Waals surface area contributed by atoms with Gasteiger partial charge in [0.25, 0.3) is 0 Å². The third-order valence-corrected chi connectivity index (χ3v) is 4.88. The number of nitrogens with zero attached hydrogens (tertiary/aromatic N) is 1. The number of carbonyl (C=O) groups excluding carboxylic acids is 1. The molecule has 22 heavy (non-hydrogen) atoms. The van der Waals surface area contributed by atoms with Crippen molar-refractivity contribution in [3.8, 4) is 5.75 Å². The first-order valence-electron chi connectivity index (χ1n) is 7.62. The number of phenols is 1. The minimum atomic E-state index is -0.587. The van der Waals surface area contributed by atoms with Crippen LogP contribution in [0.4, 0.5) is 5.69 Å². The molecule has 2 aromatic carbocycles. The van der Waals surface area contributed by atoms with Crippen molar-refractivity contribution in [2.75, 3.05) is 11.9 Å². The van der Waals surface area contributed by atoms with Gasteiger partial charge < -0.3 is 10.0 Å². The van der Waals surface area contributed by atoms with Gasteiger partial charge in [-0.3, -0.25) is 4.79 Å². The van der Waals surface area contributed by atoms with E-state index in [-0.39, 0.29) is 17.6 Å². The first-order valence-corrected chi connectivity index (χ1v) is 7.62. The molecule has 1 atom stereocenters. The fourth-order valence-corrected chi connectivity index (χ4v) is 3.54. The zero-order chi connectivity index (χ0) is 15.9. The second kappa shape index (κ2) is 5.16. The third-order valence-electron chi connectivity index (χ3n) is 4.88. The van der Waals surface area contributed by atoms with Crippen LogP contribution in [0.25, 0.3) is 0 Å². The summed E-state index contributed by atoms with van der Waals surface area (Å²) in [6.07, 6.45) is 0.689. The predicted octanol–water partition coefficient (Wildman–Crippen LogP) is 3.51. The molecule has 3 heteroatoms. The molecule has 0 radical (unpaired) electrons. The number of benzene rings is 2. The molecule has 0 saturated heterocycles. The quantitative estimate of drug-likeness (QED) is 0.921. The molecule has 1 aliphatic heterocycles. The van der Waals surface area contributed by atoms with Gasteiger partial charge in [0.2, 0.25) is 5.91 Å². The van der Waals surface area contributed by atoms with E-state index in [0.29, 0.717) is 6.42 Å². The van der Waals surface area contributed by atoms with Crippen molar-refractivity contribution in [2.45, 2.75) is 25.7 Å². The van der Waals surface area contributed by atoms with Crippen LogP contribution in [-0.2, 0) is 16.6 Å². The number of rotatable bonds is 2. The van der Waals surface area contributed by atoms with Gasteiger partial charge in [-0.2, -0.15) is 0 Å². The Balaban J connectivity index is 2.20. The molecule has 0 spiro atoms. The summed E-state index contributed by atoms with van der Waals surface area (Å²) >= 11 is 0. The molecule has 1 aliphatic rings. The number of likely N-dealkylation sites (N-methyl/N-ethyl adjacent to an activating group) is 1. The summed E-state index contributed by atoms with van der Waals surface area (Å²) in [5, 5.41) is 9.56. The second-order valence-electron chi connectivity index (χ2n) is 6.34. The summed E-state index contributed by atoms with van der Waals surface area (Å²) in [6, 6.07) is 15.1. The second-order valence-corrected chi connectivity index (χ2v) is 6.34. The molecule has 1 heterocycles. The number of hydrogen-bond acceptors (Lipinski definition) is 2. The van der Waals surface area contributed by atoms with Gasteiger partial charge in [-0.15, -0.1) is 0 Å². The average molecular weight is 295 g/mol. The molecule has 0 saturated carbocycles. The number of phenolic OH excluding ortho intramolecular Hbond substituents is 1. The van der Waals surface area contributed by atoms with E-state index < -0.39 is 5.41 Å². The number of para-hydroxylation sites is 1. The Morgan fingerprint density at radius 1 is 1.09 bits per heavy atom. The van der Waals surface area contributed by atoms with E-state index in [4.69, 9.17) is 0 Å². The first kappa shape index (κ1) is 14.6. The molecular weight excluding hydrogens is 274 g/mol. The van der Waals surface area contributed by atoms with Gasteiger partial charge in [0.05, 0.1) is 5.41 Å². The van der Waals surface area contributed by atoms with Crippen molar-refractivity contribution in [2.24, 2.45) is 5.92 Å². The molecule has 0 bridgehead atoms. The number of amides is 1. The van der Waals surface area contributed by atoms with Crippen molar-refractivity contribution in [3.63, 3.8) is 0 Å². The standard InChI is InChI=1S/C19H21NO2/c1-13(2)19(15-8-10-16(21)11-9-15)12-14-6-4-5-7-17(14)20(3)18(19)22/h4-11,13,21H,12H2,1-3H3. The van der Waals surface area contributed by atoms with Crippen LogP contribution in [0.3, 0.4) is 0 Å². The minimum absolute atomic E-state index is 0.117. The lowest BCUT2D eigenvalue weighted by Crippen LogP contribution is -2.53. The molecule has 0 aromatic heterocycles. The highest BCUT2D eigenvalue weighted by Crippen LogP contribution is 2.44. The van der Waals surface area contributed by atoms with Crippen LogP contribution in [0.5, 0.6) is 5.75 Å². The van der Waals surface area contributed by atoms with E-state index >= 15 is 0 Å². The van der Waals surface area contributed by atoms with Crippen LogP contribution in [0.1, 0.15) is 25.0 Å². The number of hydrogen-bond donors (Lipinski definition) is 1. The zero-order valence-corrected chi connectivity index (χ0v) is 13.2. The van der Waals surface area contributed by atoms with E-state index in [0.717, 1.165) is 11.3 Å². The molecule has 1 amide bonds. The smallest absolute Gasteiger partial charge is 0.237 e. The number of anilines is 1. The predicted molar refractivity (Wildman–Crippen MR) is 88.2 cm³/mol. The number of aromatic hydroxyl groups is 1. The van der Waals surface area contributed by atoms with Gasteiger partial charge in [0.15, 0.2) is 0 Å². The monoisotopic (exact) mass is 295 g/mol. The largest absolute Gasteiger partial charge is 0.508 e. The molecule has 1 unspecified atom stereocenters. The summed E-state index contributed by atoms with van der Waals surface area (Å²) in [4.78, 5) is 15.0. The van der Waals surface area contributed by atoms with Gasteiger partial charge >= 0.3 is 0 Å². The first-order chi connectivity index (χ1) is 10.5. The van der Waals surface area contributed by atoms with Crippen molar-refractivity contribution in [1.82, 2.24) is 0 Å². The maximum atomic E-state index is 13.2. The molecule has 1 N–H and O–H groups in total. The fourth-order valence-electron chi connectivity index (χ4n) is 3.54. The molecular formula is C19H21NO2. The van der Waals surface area contributed by atoms with Crippen molar-refractivity contribution in [3.05, 3.63) is 59.7 Å². The Hall–Kier alpha value is -2.29. The van der Waals surface area contributed by atoms with E-state index in [9.17, 15) is 9.90 Å². The van der Waals surface area contributed by atoms with Gasteiger partial charge in [-0.05, 0) is 41.7 Å². The SMILES string of the molecule is CC(C)C1(c2ccc(O)cc2)Cc2ccccc2N(C)C1=O. The van der Waals surface area contributed by atoms with Crippen LogP contribution in [0, 0.1) is 5.92 Å². The van der Waals surface area contributed by atoms with Crippen molar-refractivity contribution in [1.29, 1.82) is 0 Å². The molecule has 2 aromatic rings. The van der Waals surface area contributed by atoms with Crippen LogP contribution < -0.4 is 4.90 Å². The summed E-state index contributed by atoms with van der Waals surface area (Å²) in [5.74, 6) is 0.493. The average Bonchev–Trinajstić information content (AvgIpc) is 2.51. The van der Waals surface area contributed by atoms with E-state index in [1.165, 1.54) is 5.56 Å². The zero-order valence-electron chi connectivity index (χ0n) is 13.2. The van der Waals surface area contributed by atoms with E-state index in [2.05, 4.69) is 19.9 Å². The van der Waals surface area contributed by atoms with Gasteiger partial charge in [-0.1, -0.05) is 44.2 Å². The van der Waals surface area contributed by atoms with Crippen LogP contribution >= 0.6 is 0 Å². The summed E-state index contributed by atoms with van der Waals surface area (Å²) in [5.41, 5.74) is 2.55.